The third-order valence-electron chi connectivity index (χ3n) is 2.57. The van der Waals surface area contributed by atoms with Crippen LogP contribution < -0.4 is 0 Å². The Morgan fingerprint density at radius 3 is 2.94 bits per heavy atom. The summed E-state index contributed by atoms with van der Waals surface area (Å²) in [5, 5.41) is 16.9. The van der Waals surface area contributed by atoms with Crippen molar-refractivity contribution >= 4 is 11.3 Å². The highest BCUT2D eigenvalue weighted by Gasteiger charge is 2.11. The Bertz CT molecular complexity index is 463. The SMILES string of the molecule is Cc1nc(C(O)CCc2ccnn2C)cs1. The van der Waals surface area contributed by atoms with Crippen LogP contribution in [0.15, 0.2) is 17.6 Å². The van der Waals surface area contributed by atoms with Gasteiger partial charge in [-0.05, 0) is 25.8 Å². The van der Waals surface area contributed by atoms with E-state index in [0.717, 1.165) is 22.8 Å². The van der Waals surface area contributed by atoms with Crippen LogP contribution in [0.1, 0.15) is 28.9 Å². The predicted molar refractivity (Wildman–Crippen MR) is 63.3 cm³/mol. The maximum Gasteiger partial charge on any atom is 0.0972 e. The van der Waals surface area contributed by atoms with Crippen LogP contribution in [0.5, 0.6) is 0 Å². The summed E-state index contributed by atoms with van der Waals surface area (Å²) in [6.07, 6.45) is 2.80. The summed E-state index contributed by atoms with van der Waals surface area (Å²) in [5.74, 6) is 0. The largest absolute Gasteiger partial charge is 0.387 e. The number of aryl methyl sites for hydroxylation is 3. The molecular weight excluding hydrogens is 222 g/mol. The minimum Gasteiger partial charge on any atom is -0.387 e. The number of hydrogen-bond acceptors (Lipinski definition) is 4. The Morgan fingerprint density at radius 1 is 1.56 bits per heavy atom. The van der Waals surface area contributed by atoms with Crippen molar-refractivity contribution < 1.29 is 5.11 Å². The first kappa shape index (κ1) is 11.3. The third-order valence-corrected chi connectivity index (χ3v) is 3.37. The predicted octanol–water partition coefficient (Wildman–Crippen LogP) is 1.85. The zero-order valence-corrected chi connectivity index (χ0v) is 10.2. The molecule has 0 amide bonds. The lowest BCUT2D eigenvalue weighted by Crippen LogP contribution is -2.03. The van der Waals surface area contributed by atoms with Crippen LogP contribution in [0, 0.1) is 6.92 Å². The summed E-state index contributed by atoms with van der Waals surface area (Å²) >= 11 is 1.57. The molecular formula is C11H15N3OS. The van der Waals surface area contributed by atoms with E-state index in [9.17, 15) is 5.11 Å². The first-order valence-electron chi connectivity index (χ1n) is 5.24. The van der Waals surface area contributed by atoms with Gasteiger partial charge in [-0.25, -0.2) is 4.98 Å². The number of aliphatic hydroxyl groups is 1. The van der Waals surface area contributed by atoms with Crippen LogP contribution >= 0.6 is 11.3 Å². The lowest BCUT2D eigenvalue weighted by Gasteiger charge is -2.07. The lowest BCUT2D eigenvalue weighted by molar-refractivity contribution is 0.163. The second kappa shape index (κ2) is 4.76. The van der Waals surface area contributed by atoms with Crippen molar-refractivity contribution in [1.82, 2.24) is 14.8 Å². The zero-order chi connectivity index (χ0) is 11.5. The number of thiazole rings is 1. The van der Waals surface area contributed by atoms with Crippen molar-refractivity contribution in [3.8, 4) is 0 Å². The van der Waals surface area contributed by atoms with E-state index in [1.54, 1.807) is 17.5 Å². The lowest BCUT2D eigenvalue weighted by atomic mass is 10.1. The van der Waals surface area contributed by atoms with Gasteiger partial charge in [0.25, 0.3) is 0 Å². The third kappa shape index (κ3) is 2.48. The van der Waals surface area contributed by atoms with Gasteiger partial charge in [0, 0.05) is 24.3 Å². The van der Waals surface area contributed by atoms with E-state index >= 15 is 0 Å². The summed E-state index contributed by atoms with van der Waals surface area (Å²) in [6, 6.07) is 1.97. The maximum absolute atomic E-state index is 9.94. The van der Waals surface area contributed by atoms with Crippen molar-refractivity contribution in [2.45, 2.75) is 25.9 Å². The van der Waals surface area contributed by atoms with E-state index in [-0.39, 0.29) is 0 Å². The van der Waals surface area contributed by atoms with Gasteiger partial charge in [-0.15, -0.1) is 11.3 Å². The average molecular weight is 237 g/mol. The topological polar surface area (TPSA) is 50.9 Å². The van der Waals surface area contributed by atoms with Gasteiger partial charge in [0.15, 0.2) is 0 Å². The Balaban J connectivity index is 1.93. The van der Waals surface area contributed by atoms with Gasteiger partial charge in [-0.3, -0.25) is 4.68 Å². The van der Waals surface area contributed by atoms with Crippen LogP contribution in [-0.4, -0.2) is 19.9 Å². The summed E-state index contributed by atoms with van der Waals surface area (Å²) < 4.78 is 1.83. The highest BCUT2D eigenvalue weighted by Crippen LogP contribution is 2.20. The van der Waals surface area contributed by atoms with Crippen LogP contribution in [0.3, 0.4) is 0 Å². The second-order valence-electron chi connectivity index (χ2n) is 3.79. The second-order valence-corrected chi connectivity index (χ2v) is 4.85. The molecule has 4 nitrogen and oxygen atoms in total. The number of nitrogens with zero attached hydrogens (tertiary/aromatic N) is 3. The molecule has 16 heavy (non-hydrogen) atoms. The van der Waals surface area contributed by atoms with Gasteiger partial charge >= 0.3 is 0 Å². The van der Waals surface area contributed by atoms with Gasteiger partial charge in [-0.2, -0.15) is 5.10 Å². The molecule has 1 N–H and O–H groups in total. The number of aliphatic hydroxyl groups excluding tert-OH is 1. The highest BCUT2D eigenvalue weighted by atomic mass is 32.1. The van der Waals surface area contributed by atoms with E-state index < -0.39 is 6.10 Å². The molecule has 0 fully saturated rings. The van der Waals surface area contributed by atoms with Crippen LogP contribution in [0.4, 0.5) is 0 Å². The molecule has 1 unspecified atom stereocenters. The van der Waals surface area contributed by atoms with E-state index in [2.05, 4.69) is 10.1 Å². The van der Waals surface area contributed by atoms with Crippen LogP contribution in [-0.2, 0) is 13.5 Å². The molecule has 0 bridgehead atoms. The monoisotopic (exact) mass is 237 g/mol. The Kier molecular flexibility index (Phi) is 3.36. The molecule has 0 aliphatic rings. The minimum atomic E-state index is -0.472. The molecule has 2 aromatic rings. The molecule has 2 rings (SSSR count). The van der Waals surface area contributed by atoms with Crippen LogP contribution in [0.25, 0.3) is 0 Å². The molecule has 2 aromatic heterocycles. The van der Waals surface area contributed by atoms with Gasteiger partial charge in [0.2, 0.25) is 0 Å². The Hall–Kier alpha value is -1.20. The fourth-order valence-electron chi connectivity index (χ4n) is 1.61. The number of rotatable bonds is 4. The molecule has 0 radical (unpaired) electrons. The minimum absolute atomic E-state index is 0.472. The molecule has 0 aromatic carbocycles. The number of aromatic nitrogens is 3. The molecule has 0 saturated heterocycles. The first-order valence-corrected chi connectivity index (χ1v) is 6.12. The van der Waals surface area contributed by atoms with E-state index in [1.807, 2.05) is 30.1 Å². The Morgan fingerprint density at radius 2 is 2.38 bits per heavy atom. The Labute approximate surface area is 98.6 Å². The van der Waals surface area contributed by atoms with E-state index in [1.165, 1.54) is 0 Å². The summed E-state index contributed by atoms with van der Waals surface area (Å²) in [4.78, 5) is 4.28. The summed E-state index contributed by atoms with van der Waals surface area (Å²) in [7, 11) is 1.91. The van der Waals surface area contributed by atoms with Crippen molar-refractivity contribution in [2.75, 3.05) is 0 Å². The van der Waals surface area contributed by atoms with E-state index in [4.69, 9.17) is 0 Å². The van der Waals surface area contributed by atoms with Crippen molar-refractivity contribution in [2.24, 2.45) is 7.05 Å². The smallest absolute Gasteiger partial charge is 0.0972 e. The molecule has 2 heterocycles. The van der Waals surface area contributed by atoms with Gasteiger partial charge < -0.3 is 5.11 Å². The maximum atomic E-state index is 9.94. The highest BCUT2D eigenvalue weighted by molar-refractivity contribution is 7.09. The van der Waals surface area contributed by atoms with Crippen molar-refractivity contribution in [1.29, 1.82) is 0 Å². The normalized spacial score (nSPS) is 12.9. The summed E-state index contributed by atoms with van der Waals surface area (Å²) in [6.45, 7) is 1.95. The van der Waals surface area contributed by atoms with Gasteiger partial charge in [0.05, 0.1) is 16.8 Å². The van der Waals surface area contributed by atoms with E-state index in [0.29, 0.717) is 6.42 Å². The standard InChI is InChI=1S/C11H15N3OS/c1-8-13-10(7-16-8)11(15)4-3-9-5-6-12-14(9)2/h5-7,11,15H,3-4H2,1-2H3. The van der Waals surface area contributed by atoms with Crippen molar-refractivity contribution in [3.05, 3.63) is 34.0 Å². The van der Waals surface area contributed by atoms with Gasteiger partial charge in [-0.1, -0.05) is 0 Å². The average Bonchev–Trinajstić information content (AvgIpc) is 2.84. The van der Waals surface area contributed by atoms with Crippen molar-refractivity contribution in [3.63, 3.8) is 0 Å². The molecule has 0 saturated carbocycles. The molecule has 0 aliphatic carbocycles. The zero-order valence-electron chi connectivity index (χ0n) is 9.42. The molecule has 86 valence electrons. The summed E-state index contributed by atoms with van der Waals surface area (Å²) in [5.41, 5.74) is 1.91. The fraction of sp³-hybridized carbons (Fsp3) is 0.455. The molecule has 1 atom stereocenters. The number of hydrogen-bond donors (Lipinski definition) is 1. The molecule has 5 heteroatoms. The molecule has 0 spiro atoms. The van der Waals surface area contributed by atoms with Gasteiger partial charge in [0.1, 0.15) is 0 Å². The quantitative estimate of drug-likeness (QED) is 0.883. The first-order chi connectivity index (χ1) is 7.66. The fourth-order valence-corrected chi connectivity index (χ4v) is 2.27. The molecule has 0 aliphatic heterocycles. The van der Waals surface area contributed by atoms with Crippen LogP contribution in [0.2, 0.25) is 0 Å².